The third kappa shape index (κ3) is 3.59. The Bertz CT molecular complexity index is 803. The minimum Gasteiger partial charge on any atom is -0.0614 e. The summed E-state index contributed by atoms with van der Waals surface area (Å²) in [5.41, 5.74) is 9.02. The smallest absolute Gasteiger partial charge is 0.0100 e. The van der Waals surface area contributed by atoms with Gasteiger partial charge in [0.05, 0.1) is 0 Å². The zero-order valence-electron chi connectivity index (χ0n) is 16.7. The molecule has 0 nitrogen and oxygen atoms in total. The molecule has 0 atom stereocenters. The van der Waals surface area contributed by atoms with Crippen LogP contribution < -0.4 is 0 Å². The van der Waals surface area contributed by atoms with Gasteiger partial charge < -0.3 is 0 Å². The van der Waals surface area contributed by atoms with Gasteiger partial charge in [-0.2, -0.15) is 0 Å². The van der Waals surface area contributed by atoms with E-state index in [-0.39, 0.29) is 10.8 Å². The highest BCUT2D eigenvalue weighted by Crippen LogP contribution is 2.46. The summed E-state index contributed by atoms with van der Waals surface area (Å²) < 4.78 is 0. The van der Waals surface area contributed by atoms with Crippen molar-refractivity contribution in [2.45, 2.75) is 71.6 Å². The Morgan fingerprint density at radius 3 is 2.28 bits per heavy atom. The first-order valence-corrected chi connectivity index (χ1v) is 9.65. The Kier molecular flexibility index (Phi) is 4.66. The van der Waals surface area contributed by atoms with Crippen molar-refractivity contribution in [1.29, 1.82) is 0 Å². The van der Waals surface area contributed by atoms with Crippen LogP contribution in [0.15, 0.2) is 42.5 Å². The van der Waals surface area contributed by atoms with E-state index in [0.717, 1.165) is 6.42 Å². The highest BCUT2D eigenvalue weighted by atomic mass is 14.4. The fourth-order valence-electron chi connectivity index (χ4n) is 4.07. The van der Waals surface area contributed by atoms with E-state index in [2.05, 4.69) is 90.1 Å². The van der Waals surface area contributed by atoms with E-state index in [1.165, 1.54) is 46.2 Å². The molecular weight excluding hydrogens is 300 g/mol. The van der Waals surface area contributed by atoms with Crippen molar-refractivity contribution in [3.63, 3.8) is 0 Å². The minimum absolute atomic E-state index is 0.267. The molecule has 3 rings (SSSR count). The van der Waals surface area contributed by atoms with Crippen LogP contribution in [-0.2, 0) is 17.3 Å². The molecule has 0 heterocycles. The highest BCUT2D eigenvalue weighted by molar-refractivity contribution is 5.81. The third-order valence-corrected chi connectivity index (χ3v) is 6.05. The maximum atomic E-state index is 2.45. The molecule has 0 aliphatic heterocycles. The monoisotopic (exact) mass is 332 g/mol. The Hall–Kier alpha value is -1.82. The van der Waals surface area contributed by atoms with Crippen LogP contribution in [0.4, 0.5) is 0 Å². The predicted octanol–water partition coefficient (Wildman–Crippen LogP) is 7.16. The lowest BCUT2D eigenvalue weighted by molar-refractivity contribution is 0.332. The molecule has 132 valence electrons. The first-order valence-electron chi connectivity index (χ1n) is 9.65. The van der Waals surface area contributed by atoms with E-state index in [4.69, 9.17) is 0 Å². The van der Waals surface area contributed by atoms with E-state index in [9.17, 15) is 0 Å². The van der Waals surface area contributed by atoms with Crippen molar-refractivity contribution in [2.24, 2.45) is 0 Å². The van der Waals surface area contributed by atoms with Gasteiger partial charge in [-0.25, -0.2) is 0 Å². The van der Waals surface area contributed by atoms with Crippen LogP contribution in [0.5, 0.6) is 0 Å². The van der Waals surface area contributed by atoms with Crippen LogP contribution in [0.25, 0.3) is 11.6 Å². The molecule has 0 radical (unpaired) electrons. The highest BCUT2D eigenvalue weighted by Gasteiger charge is 2.36. The van der Waals surface area contributed by atoms with Gasteiger partial charge in [0.2, 0.25) is 0 Å². The Morgan fingerprint density at radius 2 is 1.60 bits per heavy atom. The van der Waals surface area contributed by atoms with Crippen LogP contribution >= 0.6 is 0 Å². The molecule has 1 aliphatic carbocycles. The molecule has 0 saturated heterocycles. The summed E-state index contributed by atoms with van der Waals surface area (Å²) in [4.78, 5) is 0. The molecule has 25 heavy (non-hydrogen) atoms. The number of allylic oxidation sites excluding steroid dienone is 1. The molecule has 0 saturated carbocycles. The van der Waals surface area contributed by atoms with Crippen LogP contribution in [0.1, 0.15) is 82.2 Å². The number of hydrogen-bond donors (Lipinski definition) is 0. The van der Waals surface area contributed by atoms with Crippen molar-refractivity contribution in [2.75, 3.05) is 0 Å². The van der Waals surface area contributed by atoms with Crippen LogP contribution in [-0.4, -0.2) is 0 Å². The zero-order chi connectivity index (χ0) is 18.2. The zero-order valence-corrected chi connectivity index (χ0v) is 16.7. The topological polar surface area (TPSA) is 0 Å². The van der Waals surface area contributed by atoms with Crippen molar-refractivity contribution in [3.8, 4) is 0 Å². The second kappa shape index (κ2) is 6.48. The molecule has 0 aromatic heterocycles. The van der Waals surface area contributed by atoms with Gasteiger partial charge in [0.25, 0.3) is 0 Å². The molecule has 2 aromatic carbocycles. The van der Waals surface area contributed by atoms with Gasteiger partial charge in [-0.1, -0.05) is 83.2 Å². The second-order valence-electron chi connectivity index (χ2n) is 8.95. The van der Waals surface area contributed by atoms with E-state index < -0.39 is 0 Å². The molecule has 0 N–H and O–H groups in total. The molecule has 0 spiro atoms. The van der Waals surface area contributed by atoms with Gasteiger partial charge in [-0.05, 0) is 70.4 Å². The summed E-state index contributed by atoms with van der Waals surface area (Å²) in [5.74, 6) is 0. The Balaban J connectivity index is 2.02. The van der Waals surface area contributed by atoms with Gasteiger partial charge in [0.15, 0.2) is 0 Å². The SMILES string of the molecule is CCc1cccc(/C=C(\C)c2ccc3c(c2)C(C)(C)CCC3(C)C)c1. The summed E-state index contributed by atoms with van der Waals surface area (Å²) in [7, 11) is 0. The molecule has 2 aromatic rings. The summed E-state index contributed by atoms with van der Waals surface area (Å²) in [6.07, 6.45) is 5.94. The fraction of sp³-hybridized carbons (Fsp3) is 0.440. The second-order valence-corrected chi connectivity index (χ2v) is 8.95. The van der Waals surface area contributed by atoms with Crippen LogP contribution in [0, 0.1) is 0 Å². The largest absolute Gasteiger partial charge is 0.0614 e. The van der Waals surface area contributed by atoms with Crippen molar-refractivity contribution in [1.82, 2.24) is 0 Å². The van der Waals surface area contributed by atoms with E-state index >= 15 is 0 Å². The molecule has 0 unspecified atom stereocenters. The number of fused-ring (bicyclic) bond motifs is 1. The fourth-order valence-corrected chi connectivity index (χ4v) is 4.07. The standard InChI is InChI=1S/C25H32/c1-7-19-9-8-10-20(16-19)15-18(2)21-11-12-22-23(17-21)25(5,6)14-13-24(22,3)4/h8-12,15-17H,7,13-14H2,1-6H3/b18-15+. The summed E-state index contributed by atoms with van der Waals surface area (Å²) in [5, 5.41) is 0. The number of hydrogen-bond acceptors (Lipinski definition) is 0. The van der Waals surface area contributed by atoms with Crippen molar-refractivity contribution >= 4 is 11.6 Å². The van der Waals surface area contributed by atoms with E-state index in [1.54, 1.807) is 0 Å². The molecule has 0 bridgehead atoms. The molecule has 0 amide bonds. The van der Waals surface area contributed by atoms with Gasteiger partial charge in [-0.15, -0.1) is 0 Å². The number of rotatable bonds is 3. The molecule has 0 fully saturated rings. The summed E-state index contributed by atoms with van der Waals surface area (Å²) >= 11 is 0. The molecule has 0 heteroatoms. The number of benzene rings is 2. The lowest BCUT2D eigenvalue weighted by Gasteiger charge is -2.42. The lowest BCUT2D eigenvalue weighted by Crippen LogP contribution is -2.33. The maximum absolute atomic E-state index is 2.45. The van der Waals surface area contributed by atoms with E-state index in [1.807, 2.05) is 0 Å². The Morgan fingerprint density at radius 1 is 0.920 bits per heavy atom. The average Bonchev–Trinajstić information content (AvgIpc) is 2.59. The van der Waals surface area contributed by atoms with Gasteiger partial charge >= 0.3 is 0 Å². The van der Waals surface area contributed by atoms with Crippen LogP contribution in [0.3, 0.4) is 0 Å². The predicted molar refractivity (Wildman–Crippen MR) is 111 cm³/mol. The molecule has 1 aliphatic rings. The average molecular weight is 333 g/mol. The van der Waals surface area contributed by atoms with Crippen LogP contribution in [0.2, 0.25) is 0 Å². The lowest BCUT2D eigenvalue weighted by atomic mass is 9.63. The first-order chi connectivity index (χ1) is 11.7. The van der Waals surface area contributed by atoms with Crippen molar-refractivity contribution in [3.05, 3.63) is 70.3 Å². The normalized spacial score (nSPS) is 18.7. The van der Waals surface area contributed by atoms with Gasteiger partial charge in [0, 0.05) is 0 Å². The Labute approximate surface area is 154 Å². The quantitative estimate of drug-likeness (QED) is 0.523. The van der Waals surface area contributed by atoms with E-state index in [0.29, 0.717) is 0 Å². The first kappa shape index (κ1) is 18.0. The van der Waals surface area contributed by atoms with Crippen molar-refractivity contribution < 1.29 is 0 Å². The van der Waals surface area contributed by atoms with Gasteiger partial charge in [0.1, 0.15) is 0 Å². The third-order valence-electron chi connectivity index (χ3n) is 6.05. The maximum Gasteiger partial charge on any atom is -0.0100 e. The summed E-state index contributed by atoms with van der Waals surface area (Å²) in [6.45, 7) is 14.0. The number of aryl methyl sites for hydroxylation is 1. The summed E-state index contributed by atoms with van der Waals surface area (Å²) in [6, 6.07) is 16.0. The van der Waals surface area contributed by atoms with Gasteiger partial charge in [-0.3, -0.25) is 0 Å². The molecular formula is C25H32. The minimum atomic E-state index is 0.267.